The van der Waals surface area contributed by atoms with Crippen LogP contribution >= 0.6 is 7.91 Å². The molecule has 1 aliphatic rings. The van der Waals surface area contributed by atoms with Gasteiger partial charge in [0.1, 0.15) is 0 Å². The van der Waals surface area contributed by atoms with Gasteiger partial charge in [-0.15, -0.1) is 4.20 Å². The van der Waals surface area contributed by atoms with E-state index >= 15 is 0 Å². The first-order valence-corrected chi connectivity index (χ1v) is 6.20. The van der Waals surface area contributed by atoms with Crippen molar-refractivity contribution < 1.29 is 17.8 Å². The van der Waals surface area contributed by atoms with Gasteiger partial charge in [-0.05, 0) is 19.8 Å². The summed E-state index contributed by atoms with van der Waals surface area (Å²) in [5.74, 6) is 0. The standard InChI is InChI=1S/C8H16FO3P/c1-2-11-13(9,10)12-8-6-4-3-5-7-8/h8H,2-7H2,1H3. The first-order valence-electron chi connectivity index (χ1n) is 4.76. The topological polar surface area (TPSA) is 35.5 Å². The molecule has 1 fully saturated rings. The van der Waals surface area contributed by atoms with Gasteiger partial charge in [-0.25, -0.2) is 4.57 Å². The smallest absolute Gasteiger partial charge is 0.284 e. The molecule has 0 N–H and O–H groups in total. The van der Waals surface area contributed by atoms with Crippen LogP contribution in [0.25, 0.3) is 0 Å². The van der Waals surface area contributed by atoms with Crippen molar-refractivity contribution in [1.82, 2.24) is 0 Å². The molecule has 0 bridgehead atoms. The van der Waals surface area contributed by atoms with Crippen LogP contribution in [0.15, 0.2) is 0 Å². The normalized spacial score (nSPS) is 24.2. The summed E-state index contributed by atoms with van der Waals surface area (Å²) in [6, 6.07) is 0. The SMILES string of the molecule is CCOP(=O)(F)OC1CCCCC1. The highest BCUT2D eigenvalue weighted by atomic mass is 31.2. The van der Waals surface area contributed by atoms with E-state index in [1.165, 1.54) is 0 Å². The van der Waals surface area contributed by atoms with Crippen LogP contribution in [0, 0.1) is 0 Å². The molecule has 0 spiro atoms. The Balaban J connectivity index is 2.32. The maximum Gasteiger partial charge on any atom is 0.513 e. The Bertz CT molecular complexity index is 192. The van der Waals surface area contributed by atoms with Crippen molar-refractivity contribution in [2.45, 2.75) is 45.1 Å². The fourth-order valence-electron chi connectivity index (χ4n) is 1.53. The summed E-state index contributed by atoms with van der Waals surface area (Å²) in [4.78, 5) is 0. The van der Waals surface area contributed by atoms with Gasteiger partial charge in [0, 0.05) is 0 Å². The summed E-state index contributed by atoms with van der Waals surface area (Å²) in [5.41, 5.74) is 0. The lowest BCUT2D eigenvalue weighted by Gasteiger charge is -2.22. The van der Waals surface area contributed by atoms with Crippen molar-refractivity contribution in [3.05, 3.63) is 0 Å². The molecule has 0 aliphatic heterocycles. The van der Waals surface area contributed by atoms with E-state index in [1.807, 2.05) is 0 Å². The van der Waals surface area contributed by atoms with Gasteiger partial charge in [-0.3, -0.25) is 9.05 Å². The highest BCUT2D eigenvalue weighted by Gasteiger charge is 2.29. The molecule has 0 aromatic carbocycles. The minimum Gasteiger partial charge on any atom is -0.284 e. The average molecular weight is 210 g/mol. The lowest BCUT2D eigenvalue weighted by molar-refractivity contribution is 0.101. The molecule has 78 valence electrons. The quantitative estimate of drug-likeness (QED) is 0.666. The van der Waals surface area contributed by atoms with Crippen molar-refractivity contribution in [1.29, 1.82) is 0 Å². The average Bonchev–Trinajstić information content (AvgIpc) is 2.04. The van der Waals surface area contributed by atoms with E-state index in [0.29, 0.717) is 0 Å². The number of hydrogen-bond acceptors (Lipinski definition) is 3. The van der Waals surface area contributed by atoms with Crippen molar-refractivity contribution >= 4 is 7.91 Å². The molecule has 0 heterocycles. The van der Waals surface area contributed by atoms with Gasteiger partial charge in [0.2, 0.25) is 0 Å². The highest BCUT2D eigenvalue weighted by molar-refractivity contribution is 7.48. The van der Waals surface area contributed by atoms with E-state index in [9.17, 15) is 8.76 Å². The van der Waals surface area contributed by atoms with Crippen LogP contribution in [0.1, 0.15) is 39.0 Å². The Hall–Kier alpha value is 0.0800. The van der Waals surface area contributed by atoms with E-state index in [0.717, 1.165) is 32.1 Å². The molecule has 1 unspecified atom stereocenters. The summed E-state index contributed by atoms with van der Waals surface area (Å²) in [5, 5.41) is 0. The lowest BCUT2D eigenvalue weighted by atomic mass is 9.98. The lowest BCUT2D eigenvalue weighted by Crippen LogP contribution is -2.14. The molecular weight excluding hydrogens is 194 g/mol. The minimum absolute atomic E-state index is 0.0838. The van der Waals surface area contributed by atoms with Gasteiger partial charge in [0.05, 0.1) is 12.7 Å². The van der Waals surface area contributed by atoms with Crippen molar-refractivity contribution in [3.63, 3.8) is 0 Å². The Morgan fingerprint density at radius 1 is 1.38 bits per heavy atom. The van der Waals surface area contributed by atoms with E-state index in [-0.39, 0.29) is 12.7 Å². The Kier molecular flexibility index (Phi) is 4.36. The molecule has 0 aromatic heterocycles. The minimum atomic E-state index is -4.26. The maximum absolute atomic E-state index is 13.0. The van der Waals surface area contributed by atoms with Gasteiger partial charge >= 0.3 is 7.91 Å². The van der Waals surface area contributed by atoms with Crippen molar-refractivity contribution in [2.24, 2.45) is 0 Å². The predicted octanol–water partition coefficient (Wildman–Crippen LogP) is 3.45. The summed E-state index contributed by atoms with van der Waals surface area (Å²) >= 11 is 0. The number of hydrogen-bond donors (Lipinski definition) is 0. The molecule has 1 aliphatic carbocycles. The largest absolute Gasteiger partial charge is 0.513 e. The predicted molar refractivity (Wildman–Crippen MR) is 48.3 cm³/mol. The third-order valence-electron chi connectivity index (χ3n) is 2.11. The second-order valence-electron chi connectivity index (χ2n) is 3.21. The van der Waals surface area contributed by atoms with Crippen LogP contribution in [-0.4, -0.2) is 12.7 Å². The van der Waals surface area contributed by atoms with Crippen LogP contribution in [0.3, 0.4) is 0 Å². The molecule has 3 nitrogen and oxygen atoms in total. The van der Waals surface area contributed by atoms with Gasteiger partial charge < -0.3 is 0 Å². The molecule has 1 atom stereocenters. The summed E-state index contributed by atoms with van der Waals surface area (Å²) < 4.78 is 33.1. The molecule has 0 radical (unpaired) electrons. The van der Waals surface area contributed by atoms with Crippen molar-refractivity contribution in [2.75, 3.05) is 6.61 Å². The molecule has 13 heavy (non-hydrogen) atoms. The molecule has 5 heteroatoms. The van der Waals surface area contributed by atoms with Crippen LogP contribution in [-0.2, 0) is 13.6 Å². The molecule has 0 aromatic rings. The Labute approximate surface area is 78.3 Å². The molecular formula is C8H16FO3P. The third-order valence-corrected chi connectivity index (χ3v) is 3.23. The summed E-state index contributed by atoms with van der Waals surface area (Å²) in [6.45, 7) is 1.68. The first-order chi connectivity index (χ1) is 6.14. The third kappa shape index (κ3) is 4.21. The van der Waals surface area contributed by atoms with Gasteiger partial charge in [0.15, 0.2) is 0 Å². The monoisotopic (exact) mass is 210 g/mol. The van der Waals surface area contributed by atoms with E-state index < -0.39 is 7.91 Å². The van der Waals surface area contributed by atoms with Gasteiger partial charge in [-0.2, -0.15) is 0 Å². The summed E-state index contributed by atoms with van der Waals surface area (Å²) in [6.07, 6.45) is 4.58. The van der Waals surface area contributed by atoms with Crippen LogP contribution < -0.4 is 0 Å². The zero-order chi connectivity index (χ0) is 9.73. The second kappa shape index (κ2) is 5.08. The summed E-state index contributed by atoms with van der Waals surface area (Å²) in [7, 11) is -4.26. The van der Waals surface area contributed by atoms with Gasteiger partial charge in [-0.1, -0.05) is 19.3 Å². The van der Waals surface area contributed by atoms with E-state index in [4.69, 9.17) is 4.52 Å². The number of halogens is 1. The van der Waals surface area contributed by atoms with Crippen LogP contribution in [0.4, 0.5) is 4.20 Å². The Morgan fingerprint density at radius 2 is 2.00 bits per heavy atom. The molecule has 0 saturated heterocycles. The van der Waals surface area contributed by atoms with Crippen molar-refractivity contribution in [3.8, 4) is 0 Å². The maximum atomic E-state index is 13.0. The van der Waals surface area contributed by atoms with E-state index in [1.54, 1.807) is 6.92 Å². The molecule has 0 amide bonds. The van der Waals surface area contributed by atoms with Gasteiger partial charge in [0.25, 0.3) is 0 Å². The van der Waals surface area contributed by atoms with Crippen LogP contribution in [0.5, 0.6) is 0 Å². The highest BCUT2D eigenvalue weighted by Crippen LogP contribution is 2.52. The Morgan fingerprint density at radius 3 is 2.54 bits per heavy atom. The molecule has 1 saturated carbocycles. The second-order valence-corrected chi connectivity index (χ2v) is 4.54. The fourth-order valence-corrected chi connectivity index (χ4v) is 2.47. The number of rotatable bonds is 4. The first kappa shape index (κ1) is 11.2. The van der Waals surface area contributed by atoms with E-state index in [2.05, 4.69) is 4.52 Å². The zero-order valence-corrected chi connectivity index (χ0v) is 8.76. The zero-order valence-electron chi connectivity index (χ0n) is 7.87. The van der Waals surface area contributed by atoms with Crippen LogP contribution in [0.2, 0.25) is 0 Å². The fraction of sp³-hybridized carbons (Fsp3) is 1.00. The molecule has 1 rings (SSSR count).